The Morgan fingerprint density at radius 3 is 2.25 bits per heavy atom. The Bertz CT molecular complexity index is 131. The molecule has 0 heterocycles. The summed E-state index contributed by atoms with van der Waals surface area (Å²) in [4.78, 5) is 4.95. The number of nitrogens with zero attached hydrogens (tertiary/aromatic N) is 1. The van der Waals surface area contributed by atoms with Gasteiger partial charge in [0, 0.05) is 11.5 Å². The molecule has 1 unspecified atom stereocenters. The SMILES string of the molecule is CSCC(CSC)=NOC(C)N. The molecular weight excluding hydrogens is 192 g/mol. The first-order valence-corrected chi connectivity index (χ1v) is 6.44. The van der Waals surface area contributed by atoms with E-state index in [1.165, 1.54) is 0 Å². The summed E-state index contributed by atoms with van der Waals surface area (Å²) in [5.74, 6) is 1.82. The summed E-state index contributed by atoms with van der Waals surface area (Å²) in [5.41, 5.74) is 6.44. The van der Waals surface area contributed by atoms with E-state index in [1.807, 2.05) is 12.5 Å². The van der Waals surface area contributed by atoms with Crippen molar-refractivity contribution in [1.82, 2.24) is 0 Å². The molecule has 0 bridgehead atoms. The van der Waals surface area contributed by atoms with E-state index in [1.54, 1.807) is 30.4 Å². The van der Waals surface area contributed by atoms with Gasteiger partial charge < -0.3 is 4.84 Å². The van der Waals surface area contributed by atoms with E-state index in [9.17, 15) is 0 Å². The summed E-state index contributed by atoms with van der Waals surface area (Å²) < 4.78 is 0. The standard InChI is InChI=1S/C7H16N2OS2/c1-6(8)10-9-7(4-11-2)5-12-3/h6H,4-5,8H2,1-3H3. The van der Waals surface area contributed by atoms with Crippen LogP contribution < -0.4 is 5.73 Å². The van der Waals surface area contributed by atoms with E-state index in [-0.39, 0.29) is 6.23 Å². The zero-order valence-corrected chi connectivity index (χ0v) is 9.37. The lowest BCUT2D eigenvalue weighted by molar-refractivity contribution is 0.0772. The van der Waals surface area contributed by atoms with E-state index in [0.717, 1.165) is 17.2 Å². The predicted octanol–water partition coefficient (Wildman–Crippen LogP) is 1.39. The molecule has 5 heteroatoms. The van der Waals surface area contributed by atoms with E-state index in [4.69, 9.17) is 10.6 Å². The molecule has 0 rings (SSSR count). The van der Waals surface area contributed by atoms with Gasteiger partial charge in [-0.05, 0) is 19.4 Å². The van der Waals surface area contributed by atoms with Crippen molar-refractivity contribution in [3.63, 3.8) is 0 Å². The molecule has 2 N–H and O–H groups in total. The van der Waals surface area contributed by atoms with Gasteiger partial charge in [-0.15, -0.1) is 0 Å². The molecule has 0 aromatic rings. The molecule has 0 aromatic heterocycles. The van der Waals surface area contributed by atoms with Crippen LogP contribution in [0, 0.1) is 0 Å². The van der Waals surface area contributed by atoms with Crippen molar-refractivity contribution in [3.05, 3.63) is 0 Å². The van der Waals surface area contributed by atoms with Crippen molar-refractivity contribution in [1.29, 1.82) is 0 Å². The molecule has 0 aliphatic heterocycles. The molecule has 0 radical (unpaired) electrons. The van der Waals surface area contributed by atoms with E-state index in [0.29, 0.717) is 0 Å². The molecule has 0 aromatic carbocycles. The molecule has 0 fully saturated rings. The van der Waals surface area contributed by atoms with Gasteiger partial charge in [0.1, 0.15) is 0 Å². The topological polar surface area (TPSA) is 47.6 Å². The zero-order chi connectivity index (χ0) is 9.40. The lowest BCUT2D eigenvalue weighted by Crippen LogP contribution is -2.18. The number of rotatable bonds is 6. The van der Waals surface area contributed by atoms with Crippen molar-refractivity contribution in [2.75, 3.05) is 24.0 Å². The average Bonchev–Trinajstić information content (AvgIpc) is 2.01. The van der Waals surface area contributed by atoms with Gasteiger partial charge in [-0.1, -0.05) is 5.16 Å². The first-order chi connectivity index (χ1) is 5.70. The smallest absolute Gasteiger partial charge is 0.173 e. The van der Waals surface area contributed by atoms with Gasteiger partial charge in [-0.3, -0.25) is 5.73 Å². The average molecular weight is 208 g/mol. The fourth-order valence-corrected chi connectivity index (χ4v) is 1.69. The van der Waals surface area contributed by atoms with Crippen LogP contribution in [0.15, 0.2) is 5.16 Å². The molecule has 1 atom stereocenters. The lowest BCUT2D eigenvalue weighted by Gasteiger charge is -2.05. The van der Waals surface area contributed by atoms with E-state index >= 15 is 0 Å². The second-order valence-electron chi connectivity index (χ2n) is 2.33. The Labute approximate surface area is 82.5 Å². The number of nitrogens with two attached hydrogens (primary N) is 1. The fraction of sp³-hybridized carbons (Fsp3) is 0.857. The largest absolute Gasteiger partial charge is 0.377 e. The highest BCUT2D eigenvalue weighted by Gasteiger charge is 1.99. The third-order valence-corrected chi connectivity index (χ3v) is 2.21. The molecule has 3 nitrogen and oxygen atoms in total. The van der Waals surface area contributed by atoms with E-state index in [2.05, 4.69) is 5.16 Å². The number of hydrogen-bond donors (Lipinski definition) is 1. The first kappa shape index (κ1) is 12.1. The van der Waals surface area contributed by atoms with Crippen LogP contribution in [0.1, 0.15) is 6.92 Å². The number of thioether (sulfide) groups is 2. The summed E-state index contributed by atoms with van der Waals surface area (Å²) >= 11 is 3.47. The third kappa shape index (κ3) is 6.82. The highest BCUT2D eigenvalue weighted by Crippen LogP contribution is 2.01. The van der Waals surface area contributed by atoms with Crippen LogP contribution in [0.2, 0.25) is 0 Å². The Kier molecular flexibility index (Phi) is 7.85. The minimum atomic E-state index is -0.316. The van der Waals surface area contributed by atoms with Crippen molar-refractivity contribution >= 4 is 29.2 Å². The predicted molar refractivity (Wildman–Crippen MR) is 58.9 cm³/mol. The van der Waals surface area contributed by atoms with Crippen LogP contribution in [-0.2, 0) is 4.84 Å². The van der Waals surface area contributed by atoms with Gasteiger partial charge in [0.15, 0.2) is 6.23 Å². The minimum Gasteiger partial charge on any atom is -0.377 e. The fourth-order valence-electron chi connectivity index (χ4n) is 0.585. The van der Waals surface area contributed by atoms with Crippen LogP contribution in [0.4, 0.5) is 0 Å². The normalized spacial score (nSPS) is 12.3. The Balaban J connectivity index is 3.81. The summed E-state index contributed by atoms with van der Waals surface area (Å²) in [6, 6.07) is 0. The molecule has 0 aliphatic rings. The maximum Gasteiger partial charge on any atom is 0.173 e. The second kappa shape index (κ2) is 7.76. The second-order valence-corrected chi connectivity index (χ2v) is 4.07. The van der Waals surface area contributed by atoms with Crippen molar-refractivity contribution in [2.24, 2.45) is 10.9 Å². The molecule has 12 heavy (non-hydrogen) atoms. The highest BCUT2D eigenvalue weighted by molar-refractivity contribution is 8.00. The lowest BCUT2D eigenvalue weighted by atomic mass is 10.5. The number of oxime groups is 1. The third-order valence-electron chi connectivity index (χ3n) is 0.970. The van der Waals surface area contributed by atoms with Gasteiger partial charge >= 0.3 is 0 Å². The first-order valence-electron chi connectivity index (χ1n) is 3.65. The Morgan fingerprint density at radius 2 is 1.92 bits per heavy atom. The van der Waals surface area contributed by atoms with Crippen LogP contribution in [0.25, 0.3) is 0 Å². The Hall–Kier alpha value is 0.130. The zero-order valence-electron chi connectivity index (χ0n) is 7.74. The summed E-state index contributed by atoms with van der Waals surface area (Å²) in [6.45, 7) is 1.76. The van der Waals surface area contributed by atoms with Crippen LogP contribution in [0.5, 0.6) is 0 Å². The van der Waals surface area contributed by atoms with E-state index < -0.39 is 0 Å². The molecule has 0 amide bonds. The maximum absolute atomic E-state index is 5.39. The summed E-state index contributed by atoms with van der Waals surface area (Å²) in [6.07, 6.45) is 3.77. The summed E-state index contributed by atoms with van der Waals surface area (Å²) in [5, 5.41) is 3.95. The van der Waals surface area contributed by atoms with Crippen molar-refractivity contribution < 1.29 is 4.84 Å². The molecule has 0 saturated heterocycles. The molecule has 0 spiro atoms. The van der Waals surface area contributed by atoms with Crippen LogP contribution >= 0.6 is 23.5 Å². The van der Waals surface area contributed by atoms with Crippen LogP contribution in [0.3, 0.4) is 0 Å². The van der Waals surface area contributed by atoms with Gasteiger partial charge in [0.2, 0.25) is 0 Å². The van der Waals surface area contributed by atoms with Crippen LogP contribution in [-0.4, -0.2) is 36.0 Å². The molecule has 0 aliphatic carbocycles. The Morgan fingerprint density at radius 1 is 1.42 bits per heavy atom. The van der Waals surface area contributed by atoms with Gasteiger partial charge in [0.05, 0.1) is 5.71 Å². The van der Waals surface area contributed by atoms with Crippen molar-refractivity contribution in [3.8, 4) is 0 Å². The number of hydrogen-bond acceptors (Lipinski definition) is 5. The quantitative estimate of drug-likeness (QED) is 0.407. The molecule has 72 valence electrons. The van der Waals surface area contributed by atoms with Gasteiger partial charge in [0.25, 0.3) is 0 Å². The maximum atomic E-state index is 5.39. The molecule has 0 saturated carbocycles. The van der Waals surface area contributed by atoms with Gasteiger partial charge in [-0.25, -0.2) is 0 Å². The van der Waals surface area contributed by atoms with Gasteiger partial charge in [-0.2, -0.15) is 23.5 Å². The summed E-state index contributed by atoms with van der Waals surface area (Å²) in [7, 11) is 0. The minimum absolute atomic E-state index is 0.316. The highest BCUT2D eigenvalue weighted by atomic mass is 32.2. The monoisotopic (exact) mass is 208 g/mol. The molecular formula is C7H16N2OS2. The van der Waals surface area contributed by atoms with Crippen molar-refractivity contribution in [2.45, 2.75) is 13.2 Å².